The molecule has 0 unspecified atom stereocenters. The summed E-state index contributed by atoms with van der Waals surface area (Å²) >= 11 is 1.16. The van der Waals surface area contributed by atoms with Crippen molar-refractivity contribution in [2.45, 2.75) is 0 Å². The van der Waals surface area contributed by atoms with Gasteiger partial charge in [-0.1, -0.05) is 0 Å². The van der Waals surface area contributed by atoms with Crippen molar-refractivity contribution in [3.05, 3.63) is 23.2 Å². The summed E-state index contributed by atoms with van der Waals surface area (Å²) < 4.78 is 5.86. The van der Waals surface area contributed by atoms with E-state index in [2.05, 4.69) is 4.98 Å². The highest BCUT2D eigenvalue weighted by atomic mass is 32.1. The number of carboxylic acids is 1. The molecule has 4 nitrogen and oxygen atoms in total. The highest BCUT2D eigenvalue weighted by Gasteiger charge is 2.10. The molecule has 1 aromatic carbocycles. The molecule has 1 heterocycles. The van der Waals surface area contributed by atoms with Crippen LogP contribution in [0.1, 0.15) is 9.80 Å². The lowest BCUT2D eigenvalue weighted by Crippen LogP contribution is -1.93. The molecule has 0 saturated heterocycles. The molecule has 0 aliphatic rings. The number of carbonyl (C=O) groups is 1. The van der Waals surface area contributed by atoms with Gasteiger partial charge in [-0.05, 0) is 12.1 Å². The van der Waals surface area contributed by atoms with E-state index in [1.807, 2.05) is 0 Å². The first-order valence-corrected chi connectivity index (χ1v) is 4.70. The highest BCUT2D eigenvalue weighted by Crippen LogP contribution is 2.25. The summed E-state index contributed by atoms with van der Waals surface area (Å²) in [5.74, 6) is -0.315. The van der Waals surface area contributed by atoms with Gasteiger partial charge in [0.25, 0.3) is 0 Å². The molecular weight excluding hydrogens is 202 g/mol. The Balaban J connectivity index is 2.60. The minimum atomic E-state index is -0.995. The van der Waals surface area contributed by atoms with Crippen molar-refractivity contribution >= 4 is 27.5 Å². The van der Waals surface area contributed by atoms with E-state index in [1.54, 1.807) is 25.3 Å². The first-order valence-electron chi connectivity index (χ1n) is 3.88. The second-order valence-electron chi connectivity index (χ2n) is 2.66. The van der Waals surface area contributed by atoms with Crippen LogP contribution in [0.3, 0.4) is 0 Å². The lowest BCUT2D eigenvalue weighted by Gasteiger charge is -1.96. The predicted octanol–water partition coefficient (Wildman–Crippen LogP) is 2.00. The first kappa shape index (κ1) is 8.96. The molecule has 0 bridgehead atoms. The summed E-state index contributed by atoms with van der Waals surface area (Å²) in [7, 11) is 1.56. The molecule has 0 amide bonds. The smallest absolute Gasteiger partial charge is 0.365 e. The zero-order valence-electron chi connectivity index (χ0n) is 7.35. The number of fused-ring (bicyclic) bond motifs is 1. The average molecular weight is 209 g/mol. The van der Waals surface area contributed by atoms with Crippen molar-refractivity contribution in [3.8, 4) is 5.75 Å². The SMILES string of the molecule is COc1ccc2sc(C(=O)O)nc2c1. The number of ether oxygens (including phenoxy) is 1. The minimum absolute atomic E-state index is 0.105. The quantitative estimate of drug-likeness (QED) is 0.821. The maximum Gasteiger partial charge on any atom is 0.365 e. The molecule has 0 saturated carbocycles. The second-order valence-corrected chi connectivity index (χ2v) is 3.69. The lowest BCUT2D eigenvalue weighted by atomic mass is 10.3. The number of thiazole rings is 1. The van der Waals surface area contributed by atoms with E-state index in [1.165, 1.54) is 0 Å². The van der Waals surface area contributed by atoms with Crippen LogP contribution < -0.4 is 4.74 Å². The number of nitrogens with zero attached hydrogens (tertiary/aromatic N) is 1. The van der Waals surface area contributed by atoms with Crippen LogP contribution in [-0.2, 0) is 0 Å². The van der Waals surface area contributed by atoms with Crippen LogP contribution in [0.2, 0.25) is 0 Å². The van der Waals surface area contributed by atoms with Gasteiger partial charge in [-0.25, -0.2) is 9.78 Å². The molecule has 2 rings (SSSR count). The maximum absolute atomic E-state index is 10.6. The molecule has 14 heavy (non-hydrogen) atoms. The summed E-state index contributed by atoms with van der Waals surface area (Å²) in [5.41, 5.74) is 0.659. The molecule has 72 valence electrons. The summed E-state index contributed by atoms with van der Waals surface area (Å²) in [5, 5.41) is 8.83. The molecule has 0 spiro atoms. The Hall–Kier alpha value is -1.62. The number of hydrogen-bond acceptors (Lipinski definition) is 4. The Morgan fingerprint density at radius 3 is 3.00 bits per heavy atom. The van der Waals surface area contributed by atoms with E-state index in [-0.39, 0.29) is 5.01 Å². The number of carboxylic acid groups (broad SMARTS) is 1. The molecule has 1 aromatic heterocycles. The molecule has 0 radical (unpaired) electrons. The van der Waals surface area contributed by atoms with Gasteiger partial charge in [0.05, 0.1) is 17.3 Å². The first-order chi connectivity index (χ1) is 6.70. The van der Waals surface area contributed by atoms with Crippen LogP contribution in [-0.4, -0.2) is 23.2 Å². The average Bonchev–Trinajstić information content (AvgIpc) is 2.59. The van der Waals surface area contributed by atoms with E-state index >= 15 is 0 Å². The van der Waals surface area contributed by atoms with Gasteiger partial charge in [0, 0.05) is 6.07 Å². The fraction of sp³-hybridized carbons (Fsp3) is 0.111. The second kappa shape index (κ2) is 3.26. The zero-order chi connectivity index (χ0) is 10.1. The third-order valence-corrected chi connectivity index (χ3v) is 2.80. The van der Waals surface area contributed by atoms with E-state index < -0.39 is 5.97 Å². The fourth-order valence-electron chi connectivity index (χ4n) is 1.13. The number of aromatic carboxylic acids is 1. The Morgan fingerprint density at radius 2 is 2.36 bits per heavy atom. The van der Waals surface area contributed by atoms with Crippen LogP contribution in [0.15, 0.2) is 18.2 Å². The molecule has 0 aliphatic heterocycles. The molecular formula is C9H7NO3S. The van der Waals surface area contributed by atoms with E-state index in [4.69, 9.17) is 9.84 Å². The molecule has 5 heteroatoms. The third kappa shape index (κ3) is 1.42. The largest absolute Gasteiger partial charge is 0.497 e. The Bertz CT molecular complexity index is 492. The highest BCUT2D eigenvalue weighted by molar-refractivity contribution is 7.20. The van der Waals surface area contributed by atoms with Crippen LogP contribution in [0.5, 0.6) is 5.75 Å². The number of aromatic nitrogens is 1. The van der Waals surface area contributed by atoms with Gasteiger partial charge in [-0.3, -0.25) is 0 Å². The van der Waals surface area contributed by atoms with Gasteiger partial charge < -0.3 is 9.84 Å². The molecule has 0 atom stereocenters. The Morgan fingerprint density at radius 1 is 1.57 bits per heavy atom. The number of rotatable bonds is 2. The molecule has 0 aliphatic carbocycles. The Kier molecular flexibility index (Phi) is 2.09. The minimum Gasteiger partial charge on any atom is -0.497 e. The number of benzene rings is 1. The van der Waals surface area contributed by atoms with Crippen LogP contribution >= 0.6 is 11.3 Å². The van der Waals surface area contributed by atoms with Crippen molar-refractivity contribution in [2.75, 3.05) is 7.11 Å². The van der Waals surface area contributed by atoms with Crippen LogP contribution in [0.4, 0.5) is 0 Å². The van der Waals surface area contributed by atoms with Gasteiger partial charge in [0.2, 0.25) is 5.01 Å². The maximum atomic E-state index is 10.6. The summed E-state index contributed by atoms with van der Waals surface area (Å²) in [4.78, 5) is 14.6. The van der Waals surface area contributed by atoms with Crippen molar-refractivity contribution in [1.29, 1.82) is 0 Å². The fourth-order valence-corrected chi connectivity index (χ4v) is 1.91. The standard InChI is InChI=1S/C9H7NO3S/c1-13-5-2-3-7-6(4-5)10-8(14-7)9(11)12/h2-4H,1H3,(H,11,12). The van der Waals surface area contributed by atoms with Gasteiger partial charge in [0.1, 0.15) is 5.75 Å². The predicted molar refractivity (Wildman–Crippen MR) is 53.1 cm³/mol. The van der Waals surface area contributed by atoms with E-state index in [0.717, 1.165) is 16.0 Å². The number of methoxy groups -OCH3 is 1. The van der Waals surface area contributed by atoms with Crippen LogP contribution in [0, 0.1) is 0 Å². The van der Waals surface area contributed by atoms with E-state index in [9.17, 15) is 4.79 Å². The van der Waals surface area contributed by atoms with Gasteiger partial charge >= 0.3 is 5.97 Å². The van der Waals surface area contributed by atoms with Crippen molar-refractivity contribution in [2.24, 2.45) is 0 Å². The number of hydrogen-bond donors (Lipinski definition) is 1. The van der Waals surface area contributed by atoms with Crippen molar-refractivity contribution in [1.82, 2.24) is 4.98 Å². The van der Waals surface area contributed by atoms with Gasteiger partial charge in [0.15, 0.2) is 0 Å². The van der Waals surface area contributed by atoms with Crippen molar-refractivity contribution in [3.63, 3.8) is 0 Å². The van der Waals surface area contributed by atoms with Gasteiger partial charge in [-0.15, -0.1) is 11.3 Å². The van der Waals surface area contributed by atoms with Gasteiger partial charge in [-0.2, -0.15) is 0 Å². The normalized spacial score (nSPS) is 10.4. The summed E-state index contributed by atoms with van der Waals surface area (Å²) in [6.07, 6.45) is 0. The summed E-state index contributed by atoms with van der Waals surface area (Å²) in [6, 6.07) is 5.31. The molecule has 0 fully saturated rings. The summed E-state index contributed by atoms with van der Waals surface area (Å²) in [6.45, 7) is 0. The Labute approximate surface area is 83.8 Å². The van der Waals surface area contributed by atoms with E-state index in [0.29, 0.717) is 11.3 Å². The zero-order valence-corrected chi connectivity index (χ0v) is 8.17. The molecule has 2 aromatic rings. The lowest BCUT2D eigenvalue weighted by molar-refractivity contribution is 0.0696. The van der Waals surface area contributed by atoms with Crippen molar-refractivity contribution < 1.29 is 14.6 Å². The monoisotopic (exact) mass is 209 g/mol. The van der Waals surface area contributed by atoms with Crippen LogP contribution in [0.25, 0.3) is 10.2 Å². The molecule has 1 N–H and O–H groups in total. The topological polar surface area (TPSA) is 59.4 Å². The third-order valence-electron chi connectivity index (χ3n) is 1.78.